The molecule has 1 amide bonds. The summed E-state index contributed by atoms with van der Waals surface area (Å²) in [6, 6.07) is 11.5. The molecule has 0 aliphatic heterocycles. The molecule has 5 nitrogen and oxygen atoms in total. The number of hydroxylamine groups is 1. The lowest BCUT2D eigenvalue weighted by molar-refractivity contribution is -0.128. The van der Waals surface area contributed by atoms with Crippen molar-refractivity contribution in [1.29, 1.82) is 0 Å². The average Bonchev–Trinajstić information content (AvgIpc) is 2.51. The van der Waals surface area contributed by atoms with Crippen molar-refractivity contribution in [3.63, 3.8) is 0 Å². The van der Waals surface area contributed by atoms with E-state index < -0.39 is 17.3 Å². The van der Waals surface area contributed by atoms with Crippen molar-refractivity contribution >= 4 is 46.2 Å². The van der Waals surface area contributed by atoms with Crippen LogP contribution in [0, 0.1) is 0 Å². The summed E-state index contributed by atoms with van der Waals surface area (Å²) in [6.07, 6.45) is 0.0555. The Hall–Kier alpha value is -1.44. The van der Waals surface area contributed by atoms with E-state index in [1.807, 2.05) is 0 Å². The van der Waals surface area contributed by atoms with Crippen LogP contribution in [0.1, 0.15) is 5.56 Å². The molecular formula is C14H12Cl2N2O3S. The fraction of sp³-hybridized carbons (Fsp3) is 0.0714. The Balaban J connectivity index is 2.07. The summed E-state index contributed by atoms with van der Waals surface area (Å²) in [5, 5.41) is 9.27. The Kier molecular flexibility index (Phi) is 5.93. The monoisotopic (exact) mass is 358 g/mol. The van der Waals surface area contributed by atoms with Crippen molar-refractivity contribution in [2.24, 2.45) is 0 Å². The SMILES string of the molecule is O=C(Cc1ccc(N[S+]([O-])c2cc(Cl)ccc2Cl)cc1)NO. The molecule has 8 heteroatoms. The normalized spacial score (nSPS) is 11.8. The molecule has 0 aliphatic rings. The summed E-state index contributed by atoms with van der Waals surface area (Å²) in [5.74, 6) is -0.505. The van der Waals surface area contributed by atoms with Crippen LogP contribution in [0.5, 0.6) is 0 Å². The predicted molar refractivity (Wildman–Crippen MR) is 86.6 cm³/mol. The minimum atomic E-state index is -1.56. The Labute approximate surface area is 140 Å². The maximum Gasteiger partial charge on any atom is 0.247 e. The lowest BCUT2D eigenvalue weighted by Gasteiger charge is -2.13. The molecule has 0 aliphatic carbocycles. The molecule has 116 valence electrons. The zero-order valence-electron chi connectivity index (χ0n) is 11.2. The summed E-state index contributed by atoms with van der Waals surface area (Å²) in [6.45, 7) is 0. The van der Waals surface area contributed by atoms with Crippen LogP contribution in [0.25, 0.3) is 0 Å². The number of carbonyl (C=O) groups excluding carboxylic acids is 1. The summed E-state index contributed by atoms with van der Waals surface area (Å²) >= 11 is 10.3. The molecule has 0 aromatic heterocycles. The zero-order valence-corrected chi connectivity index (χ0v) is 13.5. The molecule has 2 aromatic carbocycles. The Morgan fingerprint density at radius 2 is 1.86 bits per heavy atom. The standard InChI is InChI=1S/C14H12Cl2N2O3S/c15-10-3-6-12(16)13(8-10)22(21)18-11-4-1-9(2-5-11)7-14(19)17-20/h1-6,8,18,20H,7H2,(H,17,19). The molecule has 1 unspecified atom stereocenters. The lowest BCUT2D eigenvalue weighted by Crippen LogP contribution is -2.20. The highest BCUT2D eigenvalue weighted by Gasteiger charge is 2.17. The van der Waals surface area contributed by atoms with Crippen molar-refractivity contribution in [1.82, 2.24) is 5.48 Å². The number of hydrogen-bond donors (Lipinski definition) is 3. The quantitative estimate of drug-likeness (QED) is 0.435. The van der Waals surface area contributed by atoms with Gasteiger partial charge in [-0.1, -0.05) is 35.3 Å². The third-order valence-corrected chi connectivity index (χ3v) is 4.58. The average molecular weight is 359 g/mol. The molecule has 3 N–H and O–H groups in total. The third kappa shape index (κ3) is 4.53. The molecule has 0 heterocycles. The van der Waals surface area contributed by atoms with Crippen LogP contribution in [-0.4, -0.2) is 15.7 Å². The van der Waals surface area contributed by atoms with Gasteiger partial charge < -0.3 is 4.55 Å². The second-order valence-corrected chi connectivity index (χ2v) is 6.38. The second-order valence-electron chi connectivity index (χ2n) is 4.35. The molecule has 2 rings (SSSR count). The highest BCUT2D eigenvalue weighted by Crippen LogP contribution is 2.26. The highest BCUT2D eigenvalue weighted by molar-refractivity contribution is 7.92. The van der Waals surface area contributed by atoms with Gasteiger partial charge in [0.15, 0.2) is 4.90 Å². The lowest BCUT2D eigenvalue weighted by atomic mass is 10.1. The minimum absolute atomic E-state index is 0.0555. The summed E-state index contributed by atoms with van der Waals surface area (Å²) in [4.78, 5) is 11.4. The molecule has 2 aromatic rings. The van der Waals surface area contributed by atoms with Crippen molar-refractivity contribution in [2.75, 3.05) is 4.72 Å². The van der Waals surface area contributed by atoms with Crippen LogP contribution in [0.4, 0.5) is 5.69 Å². The topological polar surface area (TPSA) is 84.4 Å². The minimum Gasteiger partial charge on any atom is -0.588 e. The number of anilines is 1. The Morgan fingerprint density at radius 1 is 1.18 bits per heavy atom. The van der Waals surface area contributed by atoms with Gasteiger partial charge in [-0.3, -0.25) is 10.0 Å². The fourth-order valence-electron chi connectivity index (χ4n) is 1.70. The van der Waals surface area contributed by atoms with Crippen LogP contribution in [0.15, 0.2) is 47.4 Å². The maximum atomic E-state index is 12.3. The molecule has 0 spiro atoms. The number of hydrogen-bond acceptors (Lipinski definition) is 4. The first kappa shape index (κ1) is 16.9. The van der Waals surface area contributed by atoms with Crippen LogP contribution in [0.2, 0.25) is 10.0 Å². The van der Waals surface area contributed by atoms with E-state index in [1.54, 1.807) is 41.9 Å². The summed E-state index contributed by atoms with van der Waals surface area (Å²) in [7, 11) is 0. The van der Waals surface area contributed by atoms with Gasteiger partial charge in [0.25, 0.3) is 0 Å². The van der Waals surface area contributed by atoms with Gasteiger partial charge in [-0.15, -0.1) is 0 Å². The first-order chi connectivity index (χ1) is 10.5. The summed E-state index contributed by atoms with van der Waals surface area (Å²) in [5.41, 5.74) is 2.87. The smallest absolute Gasteiger partial charge is 0.247 e. The van der Waals surface area contributed by atoms with Gasteiger partial charge in [-0.25, -0.2) is 10.2 Å². The second kappa shape index (κ2) is 7.71. The molecule has 0 fully saturated rings. The molecule has 22 heavy (non-hydrogen) atoms. The van der Waals surface area contributed by atoms with Gasteiger partial charge in [0.2, 0.25) is 5.91 Å². The predicted octanol–water partition coefficient (Wildman–Crippen LogP) is 3.18. The number of nitrogens with one attached hydrogen (secondary N) is 2. The first-order valence-corrected chi connectivity index (χ1v) is 8.05. The van der Waals surface area contributed by atoms with Gasteiger partial charge >= 0.3 is 0 Å². The van der Waals surface area contributed by atoms with Crippen LogP contribution in [-0.2, 0) is 22.6 Å². The van der Waals surface area contributed by atoms with E-state index in [2.05, 4.69) is 4.72 Å². The summed E-state index contributed by atoms with van der Waals surface area (Å²) < 4.78 is 15.1. The van der Waals surface area contributed by atoms with Crippen molar-refractivity contribution < 1.29 is 14.6 Å². The molecule has 0 radical (unpaired) electrons. The van der Waals surface area contributed by atoms with E-state index >= 15 is 0 Å². The largest absolute Gasteiger partial charge is 0.588 e. The van der Waals surface area contributed by atoms with Gasteiger partial charge in [-0.2, -0.15) is 0 Å². The van der Waals surface area contributed by atoms with Crippen molar-refractivity contribution in [3.05, 3.63) is 58.1 Å². The number of halogens is 2. The zero-order chi connectivity index (χ0) is 16.1. The van der Waals surface area contributed by atoms with Crippen LogP contribution in [0.3, 0.4) is 0 Å². The van der Waals surface area contributed by atoms with Gasteiger partial charge in [0.05, 0.1) is 17.1 Å². The molecule has 1 atom stereocenters. The van der Waals surface area contributed by atoms with E-state index in [0.717, 1.165) is 0 Å². The molecular weight excluding hydrogens is 347 g/mol. The van der Waals surface area contributed by atoms with Gasteiger partial charge in [0.1, 0.15) is 11.4 Å². The van der Waals surface area contributed by atoms with Gasteiger partial charge in [0, 0.05) is 11.1 Å². The van der Waals surface area contributed by atoms with Crippen molar-refractivity contribution in [2.45, 2.75) is 11.3 Å². The number of benzene rings is 2. The Morgan fingerprint density at radius 3 is 2.50 bits per heavy atom. The van der Waals surface area contributed by atoms with E-state index in [1.165, 1.54) is 6.07 Å². The first-order valence-electron chi connectivity index (χ1n) is 6.15. The molecule has 0 saturated heterocycles. The highest BCUT2D eigenvalue weighted by atomic mass is 35.5. The van der Waals surface area contributed by atoms with E-state index in [0.29, 0.717) is 26.2 Å². The number of carbonyl (C=O) groups is 1. The maximum absolute atomic E-state index is 12.3. The third-order valence-electron chi connectivity index (χ3n) is 2.75. The van der Waals surface area contributed by atoms with E-state index in [9.17, 15) is 9.35 Å². The Bertz CT molecular complexity index is 668. The fourth-order valence-corrected chi connectivity index (χ4v) is 3.20. The van der Waals surface area contributed by atoms with E-state index in [4.69, 9.17) is 28.4 Å². The molecule has 0 bridgehead atoms. The van der Waals surface area contributed by atoms with Crippen LogP contribution < -0.4 is 10.2 Å². The number of rotatable bonds is 5. The number of amides is 1. The van der Waals surface area contributed by atoms with Crippen LogP contribution >= 0.6 is 23.2 Å². The van der Waals surface area contributed by atoms with Gasteiger partial charge in [-0.05, 0) is 29.8 Å². The molecule has 0 saturated carbocycles. The van der Waals surface area contributed by atoms with E-state index in [-0.39, 0.29) is 6.42 Å². The van der Waals surface area contributed by atoms with Crippen molar-refractivity contribution in [3.8, 4) is 0 Å².